The Hall–Kier alpha value is -2.04. The molecule has 1 amide bonds. The third kappa shape index (κ3) is 3.00. The van der Waals surface area contributed by atoms with Gasteiger partial charge >= 0.3 is 5.97 Å². The van der Waals surface area contributed by atoms with E-state index >= 15 is 0 Å². The van der Waals surface area contributed by atoms with E-state index in [9.17, 15) is 9.59 Å². The number of amides is 1. The lowest BCUT2D eigenvalue weighted by molar-refractivity contribution is -0.119. The Morgan fingerprint density at radius 2 is 2.17 bits per heavy atom. The molecule has 1 aromatic carbocycles. The Bertz CT molecular complexity index is 442. The summed E-state index contributed by atoms with van der Waals surface area (Å²) in [5.74, 6) is -0.256. The molecule has 96 valence electrons. The van der Waals surface area contributed by atoms with Crippen LogP contribution in [0.2, 0.25) is 0 Å². The zero-order valence-electron chi connectivity index (χ0n) is 10.2. The maximum atomic E-state index is 11.4. The van der Waals surface area contributed by atoms with Crippen LogP contribution in [0.5, 0.6) is 0 Å². The van der Waals surface area contributed by atoms with Gasteiger partial charge < -0.3 is 15.4 Å². The Labute approximate surface area is 106 Å². The zero-order valence-corrected chi connectivity index (χ0v) is 10.2. The molecular weight excluding hydrogens is 232 g/mol. The van der Waals surface area contributed by atoms with Crippen LogP contribution in [0, 0.1) is 0 Å². The van der Waals surface area contributed by atoms with Gasteiger partial charge in [0.2, 0.25) is 5.91 Å². The van der Waals surface area contributed by atoms with Crippen LogP contribution in [0.4, 0.5) is 5.69 Å². The van der Waals surface area contributed by atoms with Crippen molar-refractivity contribution in [3.05, 3.63) is 29.8 Å². The molecule has 1 aliphatic heterocycles. The Morgan fingerprint density at radius 3 is 2.72 bits per heavy atom. The fraction of sp³-hybridized carbons (Fsp3) is 0.385. The summed E-state index contributed by atoms with van der Waals surface area (Å²) in [5.41, 5.74) is 1.40. The number of ether oxygens (including phenoxy) is 1. The number of nitrogens with one attached hydrogen (secondary N) is 2. The Balaban J connectivity index is 1.95. The summed E-state index contributed by atoms with van der Waals surface area (Å²) in [6.45, 7) is 2.14. The maximum absolute atomic E-state index is 11.4. The predicted octanol–water partition coefficient (Wildman–Crippen LogP) is 1.51. The highest BCUT2D eigenvalue weighted by molar-refractivity contribution is 5.89. The van der Waals surface area contributed by atoms with Crippen molar-refractivity contribution in [1.82, 2.24) is 5.32 Å². The monoisotopic (exact) mass is 248 g/mol. The first-order chi connectivity index (χ1) is 8.69. The Kier molecular flexibility index (Phi) is 3.82. The molecule has 0 spiro atoms. The molecule has 0 aliphatic carbocycles. The maximum Gasteiger partial charge on any atom is 0.338 e. The number of carbonyl (C=O) groups is 2. The first kappa shape index (κ1) is 12.4. The zero-order chi connectivity index (χ0) is 13.0. The van der Waals surface area contributed by atoms with Gasteiger partial charge in [0.05, 0.1) is 18.3 Å². The van der Waals surface area contributed by atoms with Gasteiger partial charge in [-0.3, -0.25) is 4.79 Å². The normalized spacial score (nSPS) is 18.3. The number of hydrogen-bond donors (Lipinski definition) is 2. The van der Waals surface area contributed by atoms with Gasteiger partial charge in [0, 0.05) is 12.1 Å². The highest BCUT2D eigenvalue weighted by Crippen LogP contribution is 2.14. The molecule has 0 bridgehead atoms. The molecule has 1 atom stereocenters. The van der Waals surface area contributed by atoms with Gasteiger partial charge in [0.25, 0.3) is 0 Å². The first-order valence-electron chi connectivity index (χ1n) is 6.02. The molecule has 5 heteroatoms. The number of hydrogen-bond acceptors (Lipinski definition) is 4. The minimum absolute atomic E-state index is 0.0223. The minimum Gasteiger partial charge on any atom is -0.462 e. The summed E-state index contributed by atoms with van der Waals surface area (Å²) in [6, 6.07) is 7.02. The van der Waals surface area contributed by atoms with Crippen molar-refractivity contribution in [1.29, 1.82) is 0 Å². The second kappa shape index (κ2) is 5.53. The van der Waals surface area contributed by atoms with Crippen LogP contribution in [0.25, 0.3) is 0 Å². The van der Waals surface area contributed by atoms with Gasteiger partial charge in [-0.15, -0.1) is 0 Å². The SMILES string of the molecule is CCOC(=O)c1ccc(NC2CCC(=O)N2)cc1. The quantitative estimate of drug-likeness (QED) is 0.793. The smallest absolute Gasteiger partial charge is 0.338 e. The van der Waals surface area contributed by atoms with Gasteiger partial charge in [-0.25, -0.2) is 4.79 Å². The van der Waals surface area contributed by atoms with Crippen LogP contribution in [-0.4, -0.2) is 24.6 Å². The van der Waals surface area contributed by atoms with Crippen molar-refractivity contribution < 1.29 is 14.3 Å². The molecule has 0 radical (unpaired) electrons. The minimum atomic E-state index is -0.321. The average Bonchev–Trinajstić information content (AvgIpc) is 2.76. The van der Waals surface area contributed by atoms with Crippen LogP contribution in [0.3, 0.4) is 0 Å². The number of esters is 1. The van der Waals surface area contributed by atoms with Gasteiger partial charge in [-0.05, 0) is 37.6 Å². The topological polar surface area (TPSA) is 67.4 Å². The highest BCUT2D eigenvalue weighted by atomic mass is 16.5. The van der Waals surface area contributed by atoms with Crippen LogP contribution in [-0.2, 0) is 9.53 Å². The van der Waals surface area contributed by atoms with E-state index in [4.69, 9.17) is 4.74 Å². The lowest BCUT2D eigenvalue weighted by atomic mass is 10.2. The van der Waals surface area contributed by atoms with E-state index in [1.54, 1.807) is 31.2 Å². The molecule has 5 nitrogen and oxygen atoms in total. The molecular formula is C13H16N2O3. The molecule has 0 aromatic heterocycles. The van der Waals surface area contributed by atoms with E-state index in [-0.39, 0.29) is 18.0 Å². The number of benzene rings is 1. The largest absolute Gasteiger partial charge is 0.462 e. The standard InChI is InChI=1S/C13H16N2O3/c1-2-18-13(17)9-3-5-10(6-4-9)14-11-7-8-12(16)15-11/h3-6,11,14H,2,7-8H2,1H3,(H,15,16). The summed E-state index contributed by atoms with van der Waals surface area (Å²) in [6.07, 6.45) is 1.31. The van der Waals surface area contributed by atoms with Crippen molar-refractivity contribution in [3.8, 4) is 0 Å². The number of carbonyl (C=O) groups excluding carboxylic acids is 2. The van der Waals surface area contributed by atoms with Gasteiger partial charge in [0.15, 0.2) is 0 Å². The van der Waals surface area contributed by atoms with Crippen LogP contribution >= 0.6 is 0 Å². The fourth-order valence-electron chi connectivity index (χ4n) is 1.84. The number of rotatable bonds is 4. The van der Waals surface area contributed by atoms with E-state index < -0.39 is 0 Å². The molecule has 1 saturated heterocycles. The molecule has 18 heavy (non-hydrogen) atoms. The van der Waals surface area contributed by atoms with Crippen LogP contribution in [0.15, 0.2) is 24.3 Å². The van der Waals surface area contributed by atoms with Crippen molar-refractivity contribution in [2.24, 2.45) is 0 Å². The molecule has 2 N–H and O–H groups in total. The van der Waals surface area contributed by atoms with Gasteiger partial charge in [0.1, 0.15) is 0 Å². The van der Waals surface area contributed by atoms with Crippen molar-refractivity contribution in [2.45, 2.75) is 25.9 Å². The Morgan fingerprint density at radius 1 is 1.44 bits per heavy atom. The van der Waals surface area contributed by atoms with Crippen molar-refractivity contribution >= 4 is 17.6 Å². The van der Waals surface area contributed by atoms with E-state index in [0.717, 1.165) is 12.1 Å². The lowest BCUT2D eigenvalue weighted by Gasteiger charge is -2.14. The number of anilines is 1. The van der Waals surface area contributed by atoms with Crippen molar-refractivity contribution in [2.75, 3.05) is 11.9 Å². The van der Waals surface area contributed by atoms with E-state index in [1.807, 2.05) is 0 Å². The van der Waals surface area contributed by atoms with Crippen LogP contribution in [0.1, 0.15) is 30.1 Å². The summed E-state index contributed by atoms with van der Waals surface area (Å²) >= 11 is 0. The van der Waals surface area contributed by atoms with E-state index in [0.29, 0.717) is 18.6 Å². The lowest BCUT2D eigenvalue weighted by Crippen LogP contribution is -2.32. The van der Waals surface area contributed by atoms with Crippen molar-refractivity contribution in [3.63, 3.8) is 0 Å². The molecule has 1 unspecified atom stereocenters. The average molecular weight is 248 g/mol. The second-order valence-corrected chi connectivity index (χ2v) is 4.10. The molecule has 1 fully saturated rings. The van der Waals surface area contributed by atoms with Crippen LogP contribution < -0.4 is 10.6 Å². The predicted molar refractivity (Wildman–Crippen MR) is 67.2 cm³/mol. The third-order valence-corrected chi connectivity index (χ3v) is 2.73. The molecule has 2 rings (SSSR count). The van der Waals surface area contributed by atoms with E-state index in [2.05, 4.69) is 10.6 Å². The molecule has 1 heterocycles. The van der Waals surface area contributed by atoms with Gasteiger partial charge in [-0.1, -0.05) is 0 Å². The van der Waals surface area contributed by atoms with E-state index in [1.165, 1.54) is 0 Å². The highest BCUT2D eigenvalue weighted by Gasteiger charge is 2.20. The summed E-state index contributed by atoms with van der Waals surface area (Å²) in [4.78, 5) is 22.5. The summed E-state index contributed by atoms with van der Waals surface area (Å²) < 4.78 is 4.90. The fourth-order valence-corrected chi connectivity index (χ4v) is 1.84. The molecule has 1 aliphatic rings. The second-order valence-electron chi connectivity index (χ2n) is 4.10. The summed E-state index contributed by atoms with van der Waals surface area (Å²) in [5, 5.41) is 6.00. The molecule has 0 saturated carbocycles. The first-order valence-corrected chi connectivity index (χ1v) is 6.02. The molecule has 1 aromatic rings. The van der Waals surface area contributed by atoms with Gasteiger partial charge in [-0.2, -0.15) is 0 Å². The summed E-state index contributed by atoms with van der Waals surface area (Å²) in [7, 11) is 0. The third-order valence-electron chi connectivity index (χ3n) is 2.73.